The van der Waals surface area contributed by atoms with Gasteiger partial charge in [-0.1, -0.05) is 42.5 Å². The van der Waals surface area contributed by atoms with Crippen LogP contribution in [0.2, 0.25) is 0 Å². The first kappa shape index (κ1) is 12.9. The van der Waals surface area contributed by atoms with Crippen molar-refractivity contribution in [3.8, 4) is 0 Å². The Bertz CT molecular complexity index is 611. The maximum absolute atomic E-state index is 14.2. The van der Waals surface area contributed by atoms with Crippen molar-refractivity contribution in [3.63, 3.8) is 0 Å². The van der Waals surface area contributed by atoms with Crippen LogP contribution in [-0.4, -0.2) is 12.1 Å². The number of hydrogen-bond donors (Lipinski definition) is 1. The molecule has 0 bridgehead atoms. The molecule has 2 nitrogen and oxygen atoms in total. The van der Waals surface area contributed by atoms with E-state index in [2.05, 4.69) is 5.32 Å². The first-order valence-electron chi connectivity index (χ1n) is 6.83. The Balaban J connectivity index is 1.85. The predicted molar refractivity (Wildman–Crippen MR) is 76.3 cm³/mol. The summed E-state index contributed by atoms with van der Waals surface area (Å²) in [5.41, 5.74) is 2.58. The van der Waals surface area contributed by atoms with Gasteiger partial charge in [-0.05, 0) is 36.1 Å². The molecule has 0 unspecified atom stereocenters. The van der Waals surface area contributed by atoms with E-state index in [9.17, 15) is 9.18 Å². The normalized spacial score (nSPS) is 21.1. The number of benzene rings is 2. The highest BCUT2D eigenvalue weighted by Gasteiger charge is 2.30. The molecule has 0 saturated heterocycles. The van der Waals surface area contributed by atoms with E-state index in [4.69, 9.17) is 0 Å². The largest absolute Gasteiger partial charge is 0.342 e. The molecule has 2 atom stereocenters. The topological polar surface area (TPSA) is 29.1 Å². The SMILES string of the molecule is O=C(N[C@H]1c2ccccc2CC[C@H]1F)c1ccccc1. The molecule has 0 fully saturated rings. The van der Waals surface area contributed by atoms with Crippen LogP contribution in [0.5, 0.6) is 0 Å². The molecule has 1 aliphatic carbocycles. The second-order valence-corrected chi connectivity index (χ2v) is 5.07. The summed E-state index contributed by atoms with van der Waals surface area (Å²) in [6.45, 7) is 0. The number of alkyl halides is 1. The molecule has 2 aromatic carbocycles. The quantitative estimate of drug-likeness (QED) is 0.889. The fourth-order valence-corrected chi connectivity index (χ4v) is 2.70. The van der Waals surface area contributed by atoms with E-state index in [-0.39, 0.29) is 5.91 Å². The van der Waals surface area contributed by atoms with Gasteiger partial charge in [-0.2, -0.15) is 0 Å². The summed E-state index contributed by atoms with van der Waals surface area (Å²) in [6.07, 6.45) is 0.156. The Hall–Kier alpha value is -2.16. The third-order valence-corrected chi connectivity index (χ3v) is 3.76. The number of fused-ring (bicyclic) bond motifs is 1. The van der Waals surface area contributed by atoms with Crippen molar-refractivity contribution in [1.29, 1.82) is 0 Å². The molecular weight excluding hydrogens is 253 g/mol. The molecule has 3 rings (SSSR count). The molecule has 3 heteroatoms. The summed E-state index contributed by atoms with van der Waals surface area (Å²) < 4.78 is 14.2. The van der Waals surface area contributed by atoms with Crippen molar-refractivity contribution < 1.29 is 9.18 Å². The van der Waals surface area contributed by atoms with Crippen molar-refractivity contribution in [2.24, 2.45) is 0 Å². The van der Waals surface area contributed by atoms with E-state index in [0.717, 1.165) is 17.5 Å². The van der Waals surface area contributed by atoms with Crippen molar-refractivity contribution >= 4 is 5.91 Å². The fraction of sp³-hybridized carbons (Fsp3) is 0.235. The molecule has 0 saturated carbocycles. The first-order valence-corrected chi connectivity index (χ1v) is 6.83. The Kier molecular flexibility index (Phi) is 3.50. The third kappa shape index (κ3) is 2.44. The number of nitrogens with one attached hydrogen (secondary N) is 1. The third-order valence-electron chi connectivity index (χ3n) is 3.76. The van der Waals surface area contributed by atoms with Crippen LogP contribution in [0.25, 0.3) is 0 Å². The molecule has 1 amide bonds. The van der Waals surface area contributed by atoms with E-state index < -0.39 is 12.2 Å². The van der Waals surface area contributed by atoms with Crippen LogP contribution in [0.15, 0.2) is 54.6 Å². The molecule has 0 spiro atoms. The lowest BCUT2D eigenvalue weighted by Crippen LogP contribution is -2.37. The number of carbonyl (C=O) groups excluding carboxylic acids is 1. The maximum atomic E-state index is 14.2. The van der Waals surface area contributed by atoms with Gasteiger partial charge in [0.15, 0.2) is 0 Å². The molecule has 0 aliphatic heterocycles. The second kappa shape index (κ2) is 5.45. The summed E-state index contributed by atoms with van der Waals surface area (Å²) >= 11 is 0. The van der Waals surface area contributed by atoms with E-state index in [1.165, 1.54) is 0 Å². The van der Waals surface area contributed by atoms with Crippen molar-refractivity contribution in [2.45, 2.75) is 25.1 Å². The first-order chi connectivity index (χ1) is 9.75. The van der Waals surface area contributed by atoms with Gasteiger partial charge in [0.05, 0.1) is 6.04 Å². The molecular formula is C17H16FNO. The summed E-state index contributed by atoms with van der Waals surface area (Å²) in [7, 11) is 0. The average Bonchev–Trinajstić information content (AvgIpc) is 2.51. The molecule has 102 valence electrons. The highest BCUT2D eigenvalue weighted by atomic mass is 19.1. The van der Waals surface area contributed by atoms with Gasteiger partial charge in [0, 0.05) is 5.56 Å². The van der Waals surface area contributed by atoms with Crippen LogP contribution in [0.4, 0.5) is 4.39 Å². The van der Waals surface area contributed by atoms with Gasteiger partial charge < -0.3 is 5.32 Å². The predicted octanol–water partition coefficient (Wildman–Crippen LogP) is 3.44. The average molecular weight is 269 g/mol. The zero-order valence-corrected chi connectivity index (χ0v) is 11.1. The number of hydrogen-bond acceptors (Lipinski definition) is 1. The van der Waals surface area contributed by atoms with Crippen LogP contribution >= 0.6 is 0 Å². The molecule has 0 aromatic heterocycles. The lowest BCUT2D eigenvalue weighted by Gasteiger charge is -2.29. The number of carbonyl (C=O) groups is 1. The van der Waals surface area contributed by atoms with Crippen molar-refractivity contribution in [2.75, 3.05) is 0 Å². The van der Waals surface area contributed by atoms with Crippen molar-refractivity contribution in [3.05, 3.63) is 71.3 Å². The van der Waals surface area contributed by atoms with Crippen LogP contribution in [0.1, 0.15) is 33.9 Å². The Morgan fingerprint density at radius 1 is 1.05 bits per heavy atom. The van der Waals surface area contributed by atoms with Crippen LogP contribution in [0.3, 0.4) is 0 Å². The lowest BCUT2D eigenvalue weighted by atomic mass is 9.86. The Labute approximate surface area is 117 Å². The van der Waals surface area contributed by atoms with Crippen LogP contribution < -0.4 is 5.32 Å². The lowest BCUT2D eigenvalue weighted by molar-refractivity contribution is 0.0900. The van der Waals surface area contributed by atoms with Crippen LogP contribution in [-0.2, 0) is 6.42 Å². The van der Waals surface area contributed by atoms with E-state index >= 15 is 0 Å². The highest BCUT2D eigenvalue weighted by Crippen LogP contribution is 2.32. The fourth-order valence-electron chi connectivity index (χ4n) is 2.70. The number of aryl methyl sites for hydroxylation is 1. The number of halogens is 1. The molecule has 0 heterocycles. The Morgan fingerprint density at radius 2 is 1.75 bits per heavy atom. The molecule has 1 aliphatic rings. The Morgan fingerprint density at radius 3 is 2.55 bits per heavy atom. The second-order valence-electron chi connectivity index (χ2n) is 5.07. The van der Waals surface area contributed by atoms with Crippen molar-refractivity contribution in [1.82, 2.24) is 5.32 Å². The summed E-state index contributed by atoms with van der Waals surface area (Å²) in [4.78, 5) is 12.2. The minimum Gasteiger partial charge on any atom is -0.342 e. The van der Waals surface area contributed by atoms with Gasteiger partial charge in [-0.15, -0.1) is 0 Å². The highest BCUT2D eigenvalue weighted by molar-refractivity contribution is 5.94. The molecule has 0 radical (unpaired) electrons. The van der Waals surface area contributed by atoms with Gasteiger partial charge in [-0.25, -0.2) is 4.39 Å². The van der Waals surface area contributed by atoms with Gasteiger partial charge in [-0.3, -0.25) is 4.79 Å². The van der Waals surface area contributed by atoms with E-state index in [1.54, 1.807) is 24.3 Å². The molecule has 20 heavy (non-hydrogen) atoms. The van der Waals surface area contributed by atoms with Gasteiger partial charge in [0.25, 0.3) is 5.91 Å². The van der Waals surface area contributed by atoms with Gasteiger partial charge >= 0.3 is 0 Å². The summed E-state index contributed by atoms with van der Waals surface area (Å²) in [6, 6.07) is 16.1. The summed E-state index contributed by atoms with van der Waals surface area (Å²) in [5, 5.41) is 2.83. The smallest absolute Gasteiger partial charge is 0.251 e. The van der Waals surface area contributed by atoms with Crippen LogP contribution in [0, 0.1) is 0 Å². The zero-order valence-electron chi connectivity index (χ0n) is 11.1. The minimum atomic E-state index is -1.03. The number of rotatable bonds is 2. The zero-order chi connectivity index (χ0) is 13.9. The maximum Gasteiger partial charge on any atom is 0.251 e. The standard InChI is InChI=1S/C17H16FNO/c18-15-11-10-12-6-4-5-9-14(12)16(15)19-17(20)13-7-2-1-3-8-13/h1-9,15-16H,10-11H2,(H,19,20)/t15-,16+/m1/s1. The van der Waals surface area contributed by atoms with Gasteiger partial charge in [0.1, 0.15) is 6.17 Å². The van der Waals surface area contributed by atoms with Gasteiger partial charge in [0.2, 0.25) is 0 Å². The molecule has 1 N–H and O–H groups in total. The van der Waals surface area contributed by atoms with E-state index in [1.807, 2.05) is 30.3 Å². The molecule has 2 aromatic rings. The summed E-state index contributed by atoms with van der Waals surface area (Å²) in [5.74, 6) is -0.227. The van der Waals surface area contributed by atoms with E-state index in [0.29, 0.717) is 12.0 Å². The monoisotopic (exact) mass is 269 g/mol. The minimum absolute atomic E-state index is 0.227. The number of amides is 1.